The number of benzene rings is 1. The maximum Gasteiger partial charge on any atom is 0.408 e. The van der Waals surface area contributed by atoms with Crippen molar-refractivity contribution >= 4 is 12.1 Å². The lowest BCUT2D eigenvalue weighted by Gasteiger charge is -2.57. The van der Waals surface area contributed by atoms with Gasteiger partial charge in [0.25, 0.3) is 0 Å². The van der Waals surface area contributed by atoms with Crippen molar-refractivity contribution in [2.75, 3.05) is 7.11 Å². The molecule has 0 spiro atoms. The summed E-state index contributed by atoms with van der Waals surface area (Å²) < 4.78 is 4.80. The van der Waals surface area contributed by atoms with E-state index in [0.717, 1.165) is 5.56 Å². The Morgan fingerprint density at radius 2 is 1.96 bits per heavy atom. The lowest BCUT2D eigenvalue weighted by Crippen LogP contribution is -2.69. The normalized spacial score (nSPS) is 25.2. The molecule has 1 aliphatic rings. The summed E-state index contributed by atoms with van der Waals surface area (Å²) in [5, 5.41) is 9.89. The fourth-order valence-electron chi connectivity index (χ4n) is 3.81. The van der Waals surface area contributed by atoms with Crippen molar-refractivity contribution in [1.82, 2.24) is 4.90 Å². The van der Waals surface area contributed by atoms with Crippen LogP contribution in [-0.4, -0.2) is 40.8 Å². The Morgan fingerprint density at radius 1 is 1.38 bits per heavy atom. The van der Waals surface area contributed by atoms with Gasteiger partial charge in [-0.1, -0.05) is 37.3 Å². The van der Waals surface area contributed by atoms with Gasteiger partial charge in [-0.3, -0.25) is 9.69 Å². The van der Waals surface area contributed by atoms with Crippen LogP contribution in [0.1, 0.15) is 44.7 Å². The third kappa shape index (κ3) is 3.11. The quantitative estimate of drug-likeness (QED) is 0.780. The number of carbonyl (C=O) groups excluding carboxylic acids is 1. The molecule has 1 fully saturated rings. The number of amides is 1. The summed E-state index contributed by atoms with van der Waals surface area (Å²) in [4.78, 5) is 25.3. The standard InChI is InChI=1S/C18H26N2O4/c1-4-15(19)18(10-14(11-18)16(21)24-3)20(17(22)23)12(2)13-8-6-5-7-9-13/h5-9,12,14-15H,4,10-11,19H2,1-3H3,(H,22,23)/t12-,14?,15?,18?/m1/s1. The average molecular weight is 334 g/mol. The molecule has 1 aromatic rings. The molecule has 1 aliphatic carbocycles. The molecule has 1 unspecified atom stereocenters. The zero-order valence-corrected chi connectivity index (χ0v) is 14.4. The molecule has 1 aromatic carbocycles. The molecule has 6 heteroatoms. The molecule has 0 heterocycles. The largest absolute Gasteiger partial charge is 0.469 e. The van der Waals surface area contributed by atoms with Crippen molar-refractivity contribution in [3.05, 3.63) is 35.9 Å². The summed E-state index contributed by atoms with van der Waals surface area (Å²) in [7, 11) is 1.35. The second-order valence-corrected chi connectivity index (χ2v) is 6.49. The molecule has 1 amide bonds. The molecular weight excluding hydrogens is 308 g/mol. The highest BCUT2D eigenvalue weighted by Gasteiger charge is 2.57. The van der Waals surface area contributed by atoms with Crippen molar-refractivity contribution in [3.63, 3.8) is 0 Å². The van der Waals surface area contributed by atoms with E-state index in [1.807, 2.05) is 44.2 Å². The number of hydrogen-bond donors (Lipinski definition) is 2. The zero-order chi connectivity index (χ0) is 17.9. The van der Waals surface area contributed by atoms with Crippen LogP contribution in [0.5, 0.6) is 0 Å². The topological polar surface area (TPSA) is 92.9 Å². The van der Waals surface area contributed by atoms with E-state index in [1.54, 1.807) is 0 Å². The maximum atomic E-state index is 12.1. The van der Waals surface area contributed by atoms with Gasteiger partial charge < -0.3 is 15.6 Å². The molecule has 0 aromatic heterocycles. The molecule has 1 saturated carbocycles. The minimum atomic E-state index is -1.02. The first-order valence-electron chi connectivity index (χ1n) is 8.28. The van der Waals surface area contributed by atoms with Crippen LogP contribution in [-0.2, 0) is 9.53 Å². The highest BCUT2D eigenvalue weighted by Crippen LogP contribution is 2.48. The van der Waals surface area contributed by atoms with Gasteiger partial charge in [-0.25, -0.2) is 4.79 Å². The maximum absolute atomic E-state index is 12.1. The number of methoxy groups -OCH3 is 1. The second kappa shape index (κ2) is 7.21. The average Bonchev–Trinajstić information content (AvgIpc) is 2.56. The van der Waals surface area contributed by atoms with Crippen LogP contribution in [0.15, 0.2) is 30.3 Å². The molecule has 0 aliphatic heterocycles. The predicted molar refractivity (Wildman–Crippen MR) is 90.5 cm³/mol. The van der Waals surface area contributed by atoms with Gasteiger partial charge in [-0.15, -0.1) is 0 Å². The molecule has 0 radical (unpaired) electrons. The van der Waals surface area contributed by atoms with Crippen LogP contribution in [0.2, 0.25) is 0 Å². The van der Waals surface area contributed by atoms with E-state index in [-0.39, 0.29) is 24.0 Å². The van der Waals surface area contributed by atoms with E-state index in [0.29, 0.717) is 19.3 Å². The summed E-state index contributed by atoms with van der Waals surface area (Å²) in [5.41, 5.74) is 6.48. The number of nitrogens with two attached hydrogens (primary N) is 1. The number of carboxylic acid groups (broad SMARTS) is 1. The van der Waals surface area contributed by atoms with Gasteiger partial charge in [0.1, 0.15) is 0 Å². The van der Waals surface area contributed by atoms with Gasteiger partial charge in [-0.2, -0.15) is 0 Å². The summed E-state index contributed by atoms with van der Waals surface area (Å²) in [5.74, 6) is -0.593. The summed E-state index contributed by atoms with van der Waals surface area (Å²) >= 11 is 0. The smallest absolute Gasteiger partial charge is 0.408 e. The van der Waals surface area contributed by atoms with Crippen LogP contribution in [0.3, 0.4) is 0 Å². The third-order valence-electron chi connectivity index (χ3n) is 5.22. The van der Waals surface area contributed by atoms with E-state index >= 15 is 0 Å². The predicted octanol–water partition coefficient (Wildman–Crippen LogP) is 2.79. The van der Waals surface area contributed by atoms with Gasteiger partial charge in [0, 0.05) is 6.04 Å². The Morgan fingerprint density at radius 3 is 2.42 bits per heavy atom. The molecule has 0 saturated heterocycles. The second-order valence-electron chi connectivity index (χ2n) is 6.49. The molecular formula is C18H26N2O4. The van der Waals surface area contributed by atoms with Gasteiger partial charge in [0.2, 0.25) is 0 Å². The fourth-order valence-corrected chi connectivity index (χ4v) is 3.81. The molecule has 2 rings (SSSR count). The third-order valence-corrected chi connectivity index (χ3v) is 5.22. The van der Waals surface area contributed by atoms with Gasteiger partial charge in [0.05, 0.1) is 24.6 Å². The van der Waals surface area contributed by atoms with Crippen molar-refractivity contribution < 1.29 is 19.4 Å². The Bertz CT molecular complexity index is 584. The Hall–Kier alpha value is -2.08. The zero-order valence-electron chi connectivity index (χ0n) is 14.4. The van der Waals surface area contributed by atoms with Gasteiger partial charge >= 0.3 is 12.1 Å². The first kappa shape index (κ1) is 18.3. The summed E-state index contributed by atoms with van der Waals surface area (Å²) in [6.45, 7) is 3.80. The van der Waals surface area contributed by atoms with E-state index in [1.165, 1.54) is 12.0 Å². The Balaban J connectivity index is 2.35. The van der Waals surface area contributed by atoms with Crippen molar-refractivity contribution in [2.45, 2.75) is 50.7 Å². The van der Waals surface area contributed by atoms with Crippen LogP contribution in [0, 0.1) is 5.92 Å². The lowest BCUT2D eigenvalue weighted by atomic mass is 9.62. The highest BCUT2D eigenvalue weighted by molar-refractivity contribution is 5.75. The van der Waals surface area contributed by atoms with E-state index < -0.39 is 11.6 Å². The van der Waals surface area contributed by atoms with E-state index in [9.17, 15) is 14.7 Å². The van der Waals surface area contributed by atoms with Crippen LogP contribution in [0.25, 0.3) is 0 Å². The molecule has 6 nitrogen and oxygen atoms in total. The molecule has 0 bridgehead atoms. The number of nitrogens with zero attached hydrogens (tertiary/aromatic N) is 1. The first-order valence-corrected chi connectivity index (χ1v) is 8.28. The number of rotatable bonds is 6. The number of hydrogen-bond acceptors (Lipinski definition) is 4. The number of esters is 1. The van der Waals surface area contributed by atoms with Crippen LogP contribution in [0.4, 0.5) is 4.79 Å². The molecule has 3 N–H and O–H groups in total. The lowest BCUT2D eigenvalue weighted by molar-refractivity contribution is -0.157. The van der Waals surface area contributed by atoms with Crippen LogP contribution >= 0.6 is 0 Å². The summed E-state index contributed by atoms with van der Waals surface area (Å²) in [6.07, 6.45) is 0.425. The minimum Gasteiger partial charge on any atom is -0.469 e. The first-order chi connectivity index (χ1) is 11.4. The SMILES string of the molecule is CCC(N)C1(N(C(=O)O)[C@H](C)c2ccccc2)CC(C(=O)OC)C1. The minimum absolute atomic E-state index is 0.294. The fraction of sp³-hybridized carbons (Fsp3) is 0.556. The van der Waals surface area contributed by atoms with Crippen molar-refractivity contribution in [3.8, 4) is 0 Å². The number of carbonyl (C=O) groups is 2. The van der Waals surface area contributed by atoms with Gasteiger partial charge in [0.15, 0.2) is 0 Å². The van der Waals surface area contributed by atoms with E-state index in [4.69, 9.17) is 10.5 Å². The van der Waals surface area contributed by atoms with Crippen molar-refractivity contribution in [1.29, 1.82) is 0 Å². The van der Waals surface area contributed by atoms with E-state index in [2.05, 4.69) is 0 Å². The van der Waals surface area contributed by atoms with Gasteiger partial charge in [-0.05, 0) is 31.7 Å². The van der Waals surface area contributed by atoms with Crippen molar-refractivity contribution in [2.24, 2.45) is 11.7 Å². The monoisotopic (exact) mass is 334 g/mol. The molecule has 2 atom stereocenters. The Labute approximate surface area is 142 Å². The highest BCUT2D eigenvalue weighted by atomic mass is 16.5. The molecule has 132 valence electrons. The molecule has 24 heavy (non-hydrogen) atoms. The Kier molecular flexibility index (Phi) is 5.49. The summed E-state index contributed by atoms with van der Waals surface area (Å²) in [6, 6.07) is 8.79. The van der Waals surface area contributed by atoms with Crippen LogP contribution < -0.4 is 5.73 Å². The number of ether oxygens (including phenoxy) is 1.